The van der Waals surface area contributed by atoms with Crippen molar-refractivity contribution in [2.75, 3.05) is 27.3 Å². The average Bonchev–Trinajstić information content (AvgIpc) is 3.47. The summed E-state index contributed by atoms with van der Waals surface area (Å²) in [4.78, 5) is 31.9. The minimum absolute atomic E-state index is 0.0464. The highest BCUT2D eigenvalue weighted by atomic mass is 16.5. The largest absolute Gasteiger partial charge is 0.493 e. The van der Waals surface area contributed by atoms with Gasteiger partial charge < -0.3 is 24.6 Å². The number of amides is 1. The van der Waals surface area contributed by atoms with Crippen LogP contribution in [0.15, 0.2) is 42.0 Å². The van der Waals surface area contributed by atoms with Crippen molar-refractivity contribution in [2.24, 2.45) is 62.6 Å². The molecule has 4 bridgehead atoms. The molecule has 0 aliphatic heterocycles. The van der Waals surface area contributed by atoms with E-state index in [1.54, 1.807) is 14.2 Å². The van der Waals surface area contributed by atoms with Crippen molar-refractivity contribution in [2.45, 2.75) is 142 Å². The smallest absolute Gasteiger partial charge is 0.227 e. The van der Waals surface area contributed by atoms with Gasteiger partial charge in [-0.25, -0.2) is 0 Å². The zero-order valence-corrected chi connectivity index (χ0v) is 35.2. The first kappa shape index (κ1) is 38.9. The monoisotopic (exact) mass is 768 g/mol. The van der Waals surface area contributed by atoms with Crippen LogP contribution in [0.3, 0.4) is 0 Å². The third-order valence-corrected chi connectivity index (χ3v) is 19.0. The number of allylic oxidation sites excluding steroid dienone is 4. The number of carbonyl (C=O) groups excluding carboxylic acids is 2. The van der Waals surface area contributed by atoms with Crippen molar-refractivity contribution < 1.29 is 29.3 Å². The molecule has 10 aliphatic rings. The van der Waals surface area contributed by atoms with Gasteiger partial charge in [-0.3, -0.25) is 9.59 Å². The van der Waals surface area contributed by atoms with Gasteiger partial charge in [0.15, 0.2) is 17.3 Å². The number of ketones is 1. The van der Waals surface area contributed by atoms with Gasteiger partial charge in [-0.05, 0) is 135 Å². The van der Waals surface area contributed by atoms with Crippen molar-refractivity contribution in [1.29, 1.82) is 0 Å². The molecular weight excluding hydrogens is 699 g/mol. The molecule has 7 nitrogen and oxygen atoms in total. The summed E-state index contributed by atoms with van der Waals surface area (Å²) in [6.07, 6.45) is 21.9. The zero-order chi connectivity index (χ0) is 39.5. The van der Waals surface area contributed by atoms with Crippen LogP contribution in [-0.2, 0) is 16.0 Å². The Kier molecular flexibility index (Phi) is 9.33. The fourth-order valence-corrected chi connectivity index (χ4v) is 15.5. The van der Waals surface area contributed by atoms with E-state index in [0.717, 1.165) is 81.3 Å². The number of nitrogens with zero attached hydrogens (tertiary/aromatic N) is 1. The molecule has 2 N–H and O–H groups in total. The van der Waals surface area contributed by atoms with E-state index in [2.05, 4.69) is 50.8 Å². The Bertz CT molecular complexity index is 1810. The maximum Gasteiger partial charge on any atom is 0.227 e. The third-order valence-electron chi connectivity index (χ3n) is 19.0. The van der Waals surface area contributed by atoms with Gasteiger partial charge >= 0.3 is 0 Å². The molecule has 1 amide bonds. The summed E-state index contributed by atoms with van der Waals surface area (Å²) >= 11 is 0. The Labute approximate surface area is 336 Å². The summed E-state index contributed by atoms with van der Waals surface area (Å²) < 4.78 is 11.1. The molecule has 0 saturated heterocycles. The molecule has 7 saturated carbocycles. The first-order chi connectivity index (χ1) is 26.6. The van der Waals surface area contributed by atoms with Gasteiger partial charge in [0, 0.05) is 40.8 Å². The van der Waals surface area contributed by atoms with E-state index >= 15 is 4.79 Å². The lowest BCUT2D eigenvalue weighted by Crippen LogP contribution is -2.67. The number of hydrogen-bond donors (Lipinski definition) is 2. The van der Waals surface area contributed by atoms with E-state index in [9.17, 15) is 15.0 Å². The molecule has 0 radical (unpaired) electrons. The number of hydrogen-bond acceptors (Lipinski definition) is 6. The number of aliphatic hydroxyl groups is 2. The van der Waals surface area contributed by atoms with Crippen molar-refractivity contribution in [1.82, 2.24) is 4.90 Å². The maximum absolute atomic E-state index is 15.0. The lowest BCUT2D eigenvalue weighted by molar-refractivity contribution is -0.183. The summed E-state index contributed by atoms with van der Waals surface area (Å²) in [6.45, 7) is 10.6. The predicted molar refractivity (Wildman–Crippen MR) is 218 cm³/mol. The van der Waals surface area contributed by atoms with Gasteiger partial charge in [0.1, 0.15) is 0 Å². The highest BCUT2D eigenvalue weighted by Crippen LogP contribution is 2.78. The number of Topliss-reactive ketones (excluding diaryl/α,β-unsaturated/α-hetero) is 1. The van der Waals surface area contributed by atoms with E-state index in [1.807, 2.05) is 18.2 Å². The minimum Gasteiger partial charge on any atom is -0.493 e. The Morgan fingerprint density at radius 1 is 0.839 bits per heavy atom. The van der Waals surface area contributed by atoms with E-state index in [1.165, 1.54) is 19.3 Å². The van der Waals surface area contributed by atoms with Crippen LogP contribution >= 0.6 is 0 Å². The van der Waals surface area contributed by atoms with Gasteiger partial charge in [0.25, 0.3) is 0 Å². The van der Waals surface area contributed by atoms with Crippen molar-refractivity contribution >= 4 is 11.7 Å². The van der Waals surface area contributed by atoms with Gasteiger partial charge in [0.05, 0.1) is 32.3 Å². The SMILES string of the molecule is COc1ccc(CC(=O)N(CC2CCC3CC2C3(C)C)CC2(O)CCC3C45C=CC6(C=C4C(=O)C4CCCCC4)CC(O)CCC6(C)C5CCC32C)cc1OC. The van der Waals surface area contributed by atoms with Crippen LogP contribution in [0.2, 0.25) is 0 Å². The summed E-state index contributed by atoms with van der Waals surface area (Å²) in [5.41, 5.74) is -0.149. The normalized spacial score (nSPS) is 43.1. The van der Waals surface area contributed by atoms with Crippen LogP contribution in [0, 0.1) is 62.6 Å². The first-order valence-electron chi connectivity index (χ1n) is 22.5. The number of carbonyl (C=O) groups is 2. The number of benzene rings is 1. The second-order valence-corrected chi connectivity index (χ2v) is 21.3. The van der Waals surface area contributed by atoms with Gasteiger partial charge in [-0.2, -0.15) is 0 Å². The fourth-order valence-electron chi connectivity index (χ4n) is 15.5. The molecule has 0 heterocycles. The molecule has 7 fully saturated rings. The van der Waals surface area contributed by atoms with E-state index < -0.39 is 16.4 Å². The highest BCUT2D eigenvalue weighted by Gasteiger charge is 2.74. The molecule has 306 valence electrons. The Morgan fingerprint density at radius 3 is 2.27 bits per heavy atom. The van der Waals surface area contributed by atoms with Gasteiger partial charge in [0.2, 0.25) is 5.91 Å². The Hall–Kier alpha value is -2.64. The molecular formula is C49H69NO6. The quantitative estimate of drug-likeness (QED) is 0.231. The lowest BCUT2D eigenvalue weighted by atomic mass is 9.32. The average molecular weight is 768 g/mol. The van der Waals surface area contributed by atoms with Crippen molar-refractivity contribution in [3.63, 3.8) is 0 Å². The molecule has 1 aromatic carbocycles. The lowest BCUT2D eigenvalue weighted by Gasteiger charge is -2.71. The topological polar surface area (TPSA) is 96.3 Å². The van der Waals surface area contributed by atoms with Crippen LogP contribution in [0.25, 0.3) is 0 Å². The highest BCUT2D eigenvalue weighted by molar-refractivity contribution is 6.00. The van der Waals surface area contributed by atoms with Crippen LogP contribution in [0.1, 0.15) is 130 Å². The van der Waals surface area contributed by atoms with Gasteiger partial charge in [-0.1, -0.05) is 71.3 Å². The summed E-state index contributed by atoms with van der Waals surface area (Å²) in [5.74, 6) is 3.92. The molecule has 10 aliphatic carbocycles. The summed E-state index contributed by atoms with van der Waals surface area (Å²) in [6, 6.07) is 5.75. The second kappa shape index (κ2) is 13.4. The summed E-state index contributed by atoms with van der Waals surface area (Å²) in [7, 11) is 3.25. The molecule has 1 aromatic rings. The van der Waals surface area contributed by atoms with E-state index in [-0.39, 0.29) is 41.1 Å². The van der Waals surface area contributed by atoms with Crippen LogP contribution in [0.4, 0.5) is 0 Å². The van der Waals surface area contributed by atoms with E-state index in [4.69, 9.17) is 9.47 Å². The summed E-state index contributed by atoms with van der Waals surface area (Å²) in [5, 5.41) is 24.5. The minimum atomic E-state index is -1.08. The Balaban J connectivity index is 1.07. The fraction of sp³-hybridized carbons (Fsp3) is 0.755. The third kappa shape index (κ3) is 5.40. The molecule has 11 unspecified atom stereocenters. The molecule has 0 aromatic heterocycles. The van der Waals surface area contributed by atoms with Crippen molar-refractivity contribution in [3.05, 3.63) is 47.6 Å². The van der Waals surface area contributed by atoms with Crippen LogP contribution < -0.4 is 9.47 Å². The zero-order valence-electron chi connectivity index (χ0n) is 35.2. The molecule has 2 spiro atoms. The number of ether oxygens (including phenoxy) is 2. The predicted octanol–water partition coefficient (Wildman–Crippen LogP) is 8.89. The molecule has 11 rings (SSSR count). The number of fused-ring (bicyclic) bond motifs is 3. The van der Waals surface area contributed by atoms with Crippen LogP contribution in [0.5, 0.6) is 11.5 Å². The number of rotatable bonds is 10. The van der Waals surface area contributed by atoms with Crippen molar-refractivity contribution in [3.8, 4) is 11.5 Å². The molecule has 7 heteroatoms. The molecule has 56 heavy (non-hydrogen) atoms. The number of methoxy groups -OCH3 is 2. The van der Waals surface area contributed by atoms with Crippen LogP contribution in [-0.4, -0.2) is 65.8 Å². The first-order valence-corrected chi connectivity index (χ1v) is 22.5. The van der Waals surface area contributed by atoms with E-state index in [0.29, 0.717) is 66.4 Å². The van der Waals surface area contributed by atoms with Gasteiger partial charge in [-0.15, -0.1) is 0 Å². The standard InChI is InChI=1S/C49H69NO6/c1-44(2)34-14-13-33(36(44)26-34)29-50(42(52)25-31-12-15-38(55-5)39(24-31)56-6)30-48(54)21-18-41-46(48,4)20-17-40-45(3)19-16-35(51)27-47(45)22-23-49(40,41)37(28-47)43(53)32-10-8-7-9-11-32/h12,15,22-24,28,32-36,40-41,51,54H,7-11,13-14,16-21,25-27,29-30H2,1-6H3. The second-order valence-electron chi connectivity index (χ2n) is 21.3. The maximum atomic E-state index is 15.0. The molecule has 11 atom stereocenters. The Morgan fingerprint density at radius 2 is 1.55 bits per heavy atom. The number of aliphatic hydroxyl groups excluding tert-OH is 1.